The first-order valence-corrected chi connectivity index (χ1v) is 9.58. The summed E-state index contributed by atoms with van der Waals surface area (Å²) in [5.74, 6) is -1.35. The zero-order valence-electron chi connectivity index (χ0n) is 13.7. The smallest absolute Gasteiger partial charge is 0.336 e. The fourth-order valence-electron chi connectivity index (χ4n) is 2.29. The SMILES string of the molecule is COC(C)(C)C(=O)N1CCN(S(=O)(=O)c2cc(C(=O)O)cs2)CC1. The van der Waals surface area contributed by atoms with Crippen molar-refractivity contribution >= 4 is 33.2 Å². The van der Waals surface area contributed by atoms with Gasteiger partial charge in [0.05, 0.1) is 5.56 Å². The van der Waals surface area contributed by atoms with Crippen molar-refractivity contribution in [1.29, 1.82) is 0 Å². The standard InChI is InChI=1S/C14H20N2O6S2/c1-14(2,22-3)13(19)15-4-6-16(7-5-15)24(20,21)11-8-10(9-23-11)12(17)18/h8-9H,4-7H2,1-3H3,(H,17,18). The van der Waals surface area contributed by atoms with Gasteiger partial charge in [-0.3, -0.25) is 4.79 Å². The van der Waals surface area contributed by atoms with E-state index in [1.807, 2.05) is 0 Å². The number of carbonyl (C=O) groups excluding carboxylic acids is 1. The molecule has 1 aliphatic heterocycles. The van der Waals surface area contributed by atoms with Crippen LogP contribution in [0, 0.1) is 0 Å². The van der Waals surface area contributed by atoms with Gasteiger partial charge in [-0.1, -0.05) is 0 Å². The second-order valence-electron chi connectivity index (χ2n) is 5.87. The fourth-order valence-corrected chi connectivity index (χ4v) is 5.02. The van der Waals surface area contributed by atoms with Crippen LogP contribution in [0.25, 0.3) is 0 Å². The van der Waals surface area contributed by atoms with Gasteiger partial charge in [0.15, 0.2) is 0 Å². The summed E-state index contributed by atoms with van der Waals surface area (Å²) in [6.45, 7) is 4.18. The number of carboxylic acids is 1. The molecule has 1 amide bonds. The highest BCUT2D eigenvalue weighted by Gasteiger charge is 2.36. The zero-order valence-corrected chi connectivity index (χ0v) is 15.3. The van der Waals surface area contributed by atoms with Gasteiger partial charge < -0.3 is 14.7 Å². The Morgan fingerprint density at radius 1 is 1.25 bits per heavy atom. The summed E-state index contributed by atoms with van der Waals surface area (Å²) in [7, 11) is -2.29. The van der Waals surface area contributed by atoms with Crippen LogP contribution in [-0.4, -0.2) is 73.5 Å². The predicted octanol–water partition coefficient (Wildman–Crippen LogP) is 0.704. The van der Waals surface area contributed by atoms with Gasteiger partial charge in [-0.05, 0) is 19.9 Å². The van der Waals surface area contributed by atoms with E-state index in [0.717, 1.165) is 17.4 Å². The number of hydrogen-bond donors (Lipinski definition) is 1. The molecule has 1 N–H and O–H groups in total. The number of aromatic carboxylic acids is 1. The molecule has 1 aliphatic rings. The van der Waals surface area contributed by atoms with Gasteiger partial charge in [0, 0.05) is 38.7 Å². The lowest BCUT2D eigenvalue weighted by Crippen LogP contribution is -2.55. The van der Waals surface area contributed by atoms with Crippen LogP contribution in [0.15, 0.2) is 15.7 Å². The number of sulfonamides is 1. The van der Waals surface area contributed by atoms with Gasteiger partial charge in [0.25, 0.3) is 15.9 Å². The molecule has 0 aromatic carbocycles. The van der Waals surface area contributed by atoms with Crippen molar-refractivity contribution in [2.45, 2.75) is 23.7 Å². The Hall–Kier alpha value is -1.49. The van der Waals surface area contributed by atoms with Gasteiger partial charge in [0.1, 0.15) is 9.81 Å². The topological polar surface area (TPSA) is 104 Å². The van der Waals surface area contributed by atoms with Crippen molar-refractivity contribution in [1.82, 2.24) is 9.21 Å². The maximum Gasteiger partial charge on any atom is 0.336 e. The molecule has 1 aromatic rings. The Morgan fingerprint density at radius 3 is 2.29 bits per heavy atom. The molecule has 1 saturated heterocycles. The van der Waals surface area contributed by atoms with Gasteiger partial charge in [0.2, 0.25) is 0 Å². The number of ether oxygens (including phenoxy) is 1. The largest absolute Gasteiger partial charge is 0.478 e. The second-order valence-corrected chi connectivity index (χ2v) is 8.95. The first kappa shape index (κ1) is 18.8. The number of piperazine rings is 1. The van der Waals surface area contributed by atoms with E-state index in [4.69, 9.17) is 9.84 Å². The molecular weight excluding hydrogens is 356 g/mol. The van der Waals surface area contributed by atoms with E-state index < -0.39 is 21.6 Å². The molecular formula is C14H20N2O6S2. The number of nitrogens with zero attached hydrogens (tertiary/aromatic N) is 2. The first-order chi connectivity index (χ1) is 11.1. The lowest BCUT2D eigenvalue weighted by molar-refractivity contribution is -0.152. The molecule has 0 aliphatic carbocycles. The molecule has 1 aromatic heterocycles. The average molecular weight is 376 g/mol. The number of amides is 1. The third kappa shape index (κ3) is 3.61. The number of thiophene rings is 1. The second kappa shape index (κ2) is 6.79. The number of hydrogen-bond acceptors (Lipinski definition) is 6. The monoisotopic (exact) mass is 376 g/mol. The third-order valence-electron chi connectivity index (χ3n) is 3.97. The predicted molar refractivity (Wildman–Crippen MR) is 87.7 cm³/mol. The van der Waals surface area contributed by atoms with Gasteiger partial charge in [-0.15, -0.1) is 11.3 Å². The summed E-state index contributed by atoms with van der Waals surface area (Å²) in [5.41, 5.74) is -1.00. The summed E-state index contributed by atoms with van der Waals surface area (Å²) in [6.07, 6.45) is 0. The molecule has 0 atom stereocenters. The Labute approximate surface area is 144 Å². The molecule has 2 heterocycles. The molecule has 0 radical (unpaired) electrons. The van der Waals surface area contributed by atoms with E-state index in [2.05, 4.69) is 0 Å². The van der Waals surface area contributed by atoms with Crippen molar-refractivity contribution in [3.8, 4) is 0 Å². The molecule has 0 bridgehead atoms. The van der Waals surface area contributed by atoms with Crippen LogP contribution in [0.1, 0.15) is 24.2 Å². The summed E-state index contributed by atoms with van der Waals surface area (Å²) >= 11 is 0.882. The average Bonchev–Trinajstić information content (AvgIpc) is 3.05. The summed E-state index contributed by atoms with van der Waals surface area (Å²) < 4.78 is 31.6. The van der Waals surface area contributed by atoms with Crippen LogP contribution in [0.4, 0.5) is 0 Å². The Morgan fingerprint density at radius 2 is 1.83 bits per heavy atom. The minimum atomic E-state index is -3.75. The van der Waals surface area contributed by atoms with Crippen molar-refractivity contribution in [3.63, 3.8) is 0 Å². The van der Waals surface area contributed by atoms with Gasteiger partial charge >= 0.3 is 5.97 Å². The van der Waals surface area contributed by atoms with E-state index in [1.54, 1.807) is 18.7 Å². The molecule has 0 saturated carbocycles. The van der Waals surface area contributed by atoms with E-state index in [1.165, 1.54) is 16.8 Å². The van der Waals surface area contributed by atoms with Gasteiger partial charge in [-0.2, -0.15) is 4.31 Å². The fraction of sp³-hybridized carbons (Fsp3) is 0.571. The van der Waals surface area contributed by atoms with Crippen LogP contribution in [0.2, 0.25) is 0 Å². The van der Waals surface area contributed by atoms with Crippen molar-refractivity contribution in [3.05, 3.63) is 17.0 Å². The first-order valence-electron chi connectivity index (χ1n) is 7.26. The molecule has 0 unspecified atom stereocenters. The molecule has 1 fully saturated rings. The maximum atomic E-state index is 12.6. The highest BCUT2D eigenvalue weighted by atomic mass is 32.2. The molecule has 8 nitrogen and oxygen atoms in total. The highest BCUT2D eigenvalue weighted by molar-refractivity contribution is 7.91. The van der Waals surface area contributed by atoms with E-state index in [-0.39, 0.29) is 41.9 Å². The number of rotatable bonds is 5. The highest BCUT2D eigenvalue weighted by Crippen LogP contribution is 2.25. The number of carboxylic acid groups (broad SMARTS) is 1. The van der Waals surface area contributed by atoms with E-state index >= 15 is 0 Å². The molecule has 10 heteroatoms. The maximum absolute atomic E-state index is 12.6. The van der Waals surface area contributed by atoms with Crippen LogP contribution in [0.5, 0.6) is 0 Å². The minimum absolute atomic E-state index is 0.00287. The summed E-state index contributed by atoms with van der Waals surface area (Å²) in [5, 5.41) is 10.2. The Kier molecular flexibility index (Phi) is 5.33. The Balaban J connectivity index is 2.08. The quantitative estimate of drug-likeness (QED) is 0.811. The van der Waals surface area contributed by atoms with Gasteiger partial charge in [-0.25, -0.2) is 13.2 Å². The van der Waals surface area contributed by atoms with Crippen LogP contribution in [0.3, 0.4) is 0 Å². The normalized spacial score (nSPS) is 17.0. The lowest BCUT2D eigenvalue weighted by Gasteiger charge is -2.37. The lowest BCUT2D eigenvalue weighted by atomic mass is 10.1. The van der Waals surface area contributed by atoms with E-state index in [0.29, 0.717) is 0 Å². The van der Waals surface area contributed by atoms with Crippen molar-refractivity contribution in [2.24, 2.45) is 0 Å². The third-order valence-corrected chi connectivity index (χ3v) is 7.28. The summed E-state index contributed by atoms with van der Waals surface area (Å²) in [6, 6.07) is 1.16. The summed E-state index contributed by atoms with van der Waals surface area (Å²) in [4.78, 5) is 24.8. The van der Waals surface area contributed by atoms with E-state index in [9.17, 15) is 18.0 Å². The zero-order chi connectivity index (χ0) is 18.1. The molecule has 0 spiro atoms. The van der Waals surface area contributed by atoms with Crippen molar-refractivity contribution in [2.75, 3.05) is 33.3 Å². The van der Waals surface area contributed by atoms with Crippen LogP contribution < -0.4 is 0 Å². The Bertz CT molecular complexity index is 732. The molecule has 24 heavy (non-hydrogen) atoms. The molecule has 2 rings (SSSR count). The number of carbonyl (C=O) groups is 2. The van der Waals surface area contributed by atoms with Crippen molar-refractivity contribution < 1.29 is 27.9 Å². The minimum Gasteiger partial charge on any atom is -0.478 e. The molecule has 134 valence electrons. The van der Waals surface area contributed by atoms with Crippen LogP contribution >= 0.6 is 11.3 Å². The number of methoxy groups -OCH3 is 1. The van der Waals surface area contributed by atoms with Crippen LogP contribution in [-0.2, 0) is 19.6 Å².